The topological polar surface area (TPSA) is 79.5 Å². The molecule has 1 fully saturated rings. The molecule has 1 heterocycles. The first-order valence-corrected chi connectivity index (χ1v) is 10.2. The van der Waals surface area contributed by atoms with E-state index in [1.165, 1.54) is 16.7 Å². The van der Waals surface area contributed by atoms with E-state index in [0.717, 1.165) is 25.7 Å². The van der Waals surface area contributed by atoms with Crippen LogP contribution in [-0.4, -0.2) is 26.7 Å². The van der Waals surface area contributed by atoms with Gasteiger partial charge in [-0.3, -0.25) is 14.2 Å². The average molecular weight is 430 g/mol. The summed E-state index contributed by atoms with van der Waals surface area (Å²) in [5.74, 6) is -4.04. The monoisotopic (exact) mass is 429 g/mol. The van der Waals surface area contributed by atoms with E-state index in [9.17, 15) is 19.8 Å². The third kappa shape index (κ3) is 3.25. The van der Waals surface area contributed by atoms with Crippen LogP contribution in [0, 0.1) is 18.7 Å². The summed E-state index contributed by atoms with van der Waals surface area (Å²) in [5.41, 5.74) is 1.21. The summed E-state index contributed by atoms with van der Waals surface area (Å²) in [4.78, 5) is 25.6. The van der Waals surface area contributed by atoms with Crippen molar-refractivity contribution in [2.45, 2.75) is 38.5 Å². The minimum Gasteiger partial charge on any atom is -0.505 e. The van der Waals surface area contributed by atoms with Crippen molar-refractivity contribution >= 4 is 34.4 Å². The molecule has 30 heavy (non-hydrogen) atoms. The first-order chi connectivity index (χ1) is 14.3. The van der Waals surface area contributed by atoms with Gasteiger partial charge in [-0.25, -0.2) is 4.39 Å². The molecule has 0 bridgehead atoms. The Kier molecular flexibility index (Phi) is 5.28. The Labute approximate surface area is 177 Å². The maximum Gasteiger partial charge on any atom is 0.311 e. The molecule has 4 rings (SSSR count). The number of rotatable bonds is 4. The number of aromatic nitrogens is 1. The molecule has 3 aromatic rings. The lowest BCUT2D eigenvalue weighted by molar-refractivity contribution is -0.140. The van der Waals surface area contributed by atoms with Crippen LogP contribution in [0.15, 0.2) is 36.4 Å². The number of carboxylic acids is 1. The molecule has 0 saturated heterocycles. The normalized spacial score (nSPS) is 15.6. The van der Waals surface area contributed by atoms with Gasteiger partial charge < -0.3 is 10.2 Å². The number of carbonyl (C=O) groups excluding carboxylic acids is 1. The molecule has 0 aliphatic heterocycles. The number of phenols is 1. The third-order valence-corrected chi connectivity index (χ3v) is 6.33. The predicted octanol–water partition coefficient (Wildman–Crippen LogP) is 5.49. The molecule has 1 aliphatic carbocycles. The maximum atomic E-state index is 15.1. The van der Waals surface area contributed by atoms with Gasteiger partial charge in [0.15, 0.2) is 11.6 Å². The zero-order chi connectivity index (χ0) is 21.6. The van der Waals surface area contributed by atoms with Crippen molar-refractivity contribution < 1.29 is 24.2 Å². The second-order valence-electron chi connectivity index (χ2n) is 7.80. The summed E-state index contributed by atoms with van der Waals surface area (Å²) in [6.45, 7) is 1.63. The van der Waals surface area contributed by atoms with Gasteiger partial charge in [0.2, 0.25) is 0 Å². The van der Waals surface area contributed by atoms with Crippen LogP contribution in [0.25, 0.3) is 10.9 Å². The lowest BCUT2D eigenvalue weighted by Gasteiger charge is -2.20. The van der Waals surface area contributed by atoms with Crippen LogP contribution in [0.3, 0.4) is 0 Å². The van der Waals surface area contributed by atoms with Gasteiger partial charge in [-0.15, -0.1) is 0 Å². The molecule has 0 spiro atoms. The molecule has 5 nitrogen and oxygen atoms in total. The molecule has 1 saturated carbocycles. The molecule has 1 atom stereocenters. The number of aromatic hydroxyl groups is 1. The standard InChI is InChI=1S/C23H21ClFNO4/c1-12-18(19(23(29)30)13-4-2-3-5-13)20-16(10-11-17(27)21(20)25)26(12)22(28)14-6-8-15(24)9-7-14/h6-11,13,19,27H,2-5H2,1H3,(H,29,30). The van der Waals surface area contributed by atoms with E-state index in [0.29, 0.717) is 16.3 Å². The highest BCUT2D eigenvalue weighted by Crippen LogP contribution is 2.44. The zero-order valence-corrected chi connectivity index (χ0v) is 17.1. The Balaban J connectivity index is 2.00. The quantitative estimate of drug-likeness (QED) is 0.574. The predicted molar refractivity (Wildman–Crippen MR) is 112 cm³/mol. The number of phenolic OH excluding ortho intramolecular Hbond substituents is 1. The summed E-state index contributed by atoms with van der Waals surface area (Å²) < 4.78 is 16.4. The largest absolute Gasteiger partial charge is 0.505 e. The number of carboxylic acid groups (broad SMARTS) is 1. The van der Waals surface area contributed by atoms with Gasteiger partial charge >= 0.3 is 5.97 Å². The number of carbonyl (C=O) groups is 2. The molecule has 0 amide bonds. The van der Waals surface area contributed by atoms with Crippen LogP contribution >= 0.6 is 11.6 Å². The van der Waals surface area contributed by atoms with E-state index in [4.69, 9.17) is 11.6 Å². The number of aliphatic carboxylic acids is 1. The fourth-order valence-corrected chi connectivity index (χ4v) is 4.82. The summed E-state index contributed by atoms with van der Waals surface area (Å²) in [6.07, 6.45) is 3.30. The summed E-state index contributed by atoms with van der Waals surface area (Å²) in [5, 5.41) is 20.5. The minimum atomic E-state index is -1.05. The van der Waals surface area contributed by atoms with Crippen molar-refractivity contribution in [1.82, 2.24) is 4.57 Å². The number of hydrogen-bond acceptors (Lipinski definition) is 3. The second kappa shape index (κ2) is 7.76. The second-order valence-corrected chi connectivity index (χ2v) is 8.24. The number of benzene rings is 2. The van der Waals surface area contributed by atoms with Crippen LogP contribution in [-0.2, 0) is 4.79 Å². The first-order valence-electron chi connectivity index (χ1n) is 9.86. The van der Waals surface area contributed by atoms with E-state index >= 15 is 4.39 Å². The fourth-order valence-electron chi connectivity index (χ4n) is 4.69. The van der Waals surface area contributed by atoms with Crippen molar-refractivity contribution in [2.24, 2.45) is 5.92 Å². The smallest absolute Gasteiger partial charge is 0.311 e. The van der Waals surface area contributed by atoms with Crippen molar-refractivity contribution in [1.29, 1.82) is 0 Å². The van der Waals surface area contributed by atoms with Gasteiger partial charge in [0.25, 0.3) is 5.91 Å². The molecular weight excluding hydrogens is 409 g/mol. The van der Waals surface area contributed by atoms with Crippen LogP contribution < -0.4 is 0 Å². The van der Waals surface area contributed by atoms with Gasteiger partial charge in [-0.2, -0.15) is 0 Å². The maximum absolute atomic E-state index is 15.1. The highest BCUT2D eigenvalue weighted by atomic mass is 35.5. The van der Waals surface area contributed by atoms with Crippen LogP contribution in [0.5, 0.6) is 5.75 Å². The lowest BCUT2D eigenvalue weighted by Crippen LogP contribution is -2.21. The van der Waals surface area contributed by atoms with Crippen LogP contribution in [0.4, 0.5) is 4.39 Å². The number of fused-ring (bicyclic) bond motifs is 1. The van der Waals surface area contributed by atoms with Crippen LogP contribution in [0.1, 0.15) is 53.2 Å². The molecule has 1 aliphatic rings. The van der Waals surface area contributed by atoms with Crippen LogP contribution in [0.2, 0.25) is 5.02 Å². The lowest BCUT2D eigenvalue weighted by atomic mass is 9.83. The zero-order valence-electron chi connectivity index (χ0n) is 16.4. The molecule has 2 aromatic carbocycles. The average Bonchev–Trinajstić information content (AvgIpc) is 3.32. The number of nitrogens with zero attached hydrogens (tertiary/aromatic N) is 1. The van der Waals surface area contributed by atoms with Gasteiger partial charge in [0, 0.05) is 21.7 Å². The Morgan fingerprint density at radius 3 is 2.37 bits per heavy atom. The molecule has 1 aromatic heterocycles. The van der Waals surface area contributed by atoms with Gasteiger partial charge in [-0.1, -0.05) is 24.4 Å². The molecule has 156 valence electrons. The summed E-state index contributed by atoms with van der Waals surface area (Å²) >= 11 is 5.92. The van der Waals surface area contributed by atoms with E-state index in [1.807, 2.05) is 0 Å². The minimum absolute atomic E-state index is 0.00545. The van der Waals surface area contributed by atoms with Gasteiger partial charge in [-0.05, 0) is 67.6 Å². The van der Waals surface area contributed by atoms with E-state index in [-0.39, 0.29) is 22.4 Å². The van der Waals surface area contributed by atoms with E-state index in [1.54, 1.807) is 31.2 Å². The number of halogens is 2. The van der Waals surface area contributed by atoms with E-state index < -0.39 is 29.4 Å². The molecule has 0 radical (unpaired) electrons. The molecule has 1 unspecified atom stereocenters. The third-order valence-electron chi connectivity index (χ3n) is 6.08. The number of hydrogen-bond donors (Lipinski definition) is 2. The fraction of sp³-hybridized carbons (Fsp3) is 0.304. The van der Waals surface area contributed by atoms with Gasteiger partial charge in [0.1, 0.15) is 0 Å². The van der Waals surface area contributed by atoms with Gasteiger partial charge in [0.05, 0.1) is 11.4 Å². The Morgan fingerprint density at radius 1 is 1.13 bits per heavy atom. The first kappa shape index (κ1) is 20.4. The SMILES string of the molecule is Cc1c(C(C(=O)O)C2CCCC2)c2c(F)c(O)ccc2n1C(=O)c1ccc(Cl)cc1. The summed E-state index contributed by atoms with van der Waals surface area (Å²) in [6, 6.07) is 8.93. The Morgan fingerprint density at radius 2 is 1.77 bits per heavy atom. The Hall–Kier alpha value is -2.86. The highest BCUT2D eigenvalue weighted by Gasteiger charge is 2.37. The molecular formula is C23H21ClFNO4. The molecule has 7 heteroatoms. The van der Waals surface area contributed by atoms with Crippen molar-refractivity contribution in [3.05, 3.63) is 64.1 Å². The highest BCUT2D eigenvalue weighted by molar-refractivity contribution is 6.30. The molecule has 2 N–H and O–H groups in total. The Bertz CT molecular complexity index is 1150. The summed E-state index contributed by atoms with van der Waals surface area (Å²) in [7, 11) is 0. The van der Waals surface area contributed by atoms with Crippen molar-refractivity contribution in [3.8, 4) is 5.75 Å². The van der Waals surface area contributed by atoms with Crippen molar-refractivity contribution in [2.75, 3.05) is 0 Å². The van der Waals surface area contributed by atoms with E-state index in [2.05, 4.69) is 0 Å². The van der Waals surface area contributed by atoms with Crippen molar-refractivity contribution in [3.63, 3.8) is 0 Å².